The van der Waals surface area contributed by atoms with Gasteiger partial charge in [-0.15, -0.1) is 0 Å². The summed E-state index contributed by atoms with van der Waals surface area (Å²) in [7, 11) is 1.26. The first-order valence-corrected chi connectivity index (χ1v) is 3.96. The smallest absolute Gasteiger partial charge is 0.336 e. The van der Waals surface area contributed by atoms with E-state index in [-0.39, 0.29) is 0 Å². The lowest BCUT2D eigenvalue weighted by Gasteiger charge is -2.17. The quantitative estimate of drug-likeness (QED) is 0.388. The zero-order valence-corrected chi connectivity index (χ0v) is 7.01. The van der Waals surface area contributed by atoms with Crippen LogP contribution in [0.15, 0.2) is 11.6 Å². The van der Waals surface area contributed by atoms with Gasteiger partial charge in [-0.05, 0) is 6.08 Å². The Kier molecular flexibility index (Phi) is 1.87. The molecule has 0 bridgehead atoms. The zero-order chi connectivity index (χ0) is 9.59. The highest BCUT2D eigenvalue weighted by Crippen LogP contribution is 2.37. The minimum Gasteiger partial charge on any atom is -0.466 e. The fourth-order valence-electron chi connectivity index (χ4n) is 1.51. The second kappa shape index (κ2) is 2.80. The molecule has 2 rings (SSSR count). The van der Waals surface area contributed by atoms with Crippen molar-refractivity contribution in [2.24, 2.45) is 0 Å². The zero-order valence-electron chi connectivity index (χ0n) is 7.01. The fraction of sp³-hybridized carbons (Fsp3) is 0.625. The number of hydrogen-bond donors (Lipinski definition) is 2. The van der Waals surface area contributed by atoms with Gasteiger partial charge < -0.3 is 19.7 Å². The van der Waals surface area contributed by atoms with E-state index in [4.69, 9.17) is 4.74 Å². The first-order valence-electron chi connectivity index (χ1n) is 3.96. The van der Waals surface area contributed by atoms with E-state index < -0.39 is 30.4 Å². The van der Waals surface area contributed by atoms with Crippen molar-refractivity contribution < 1.29 is 24.5 Å². The highest BCUT2D eigenvalue weighted by molar-refractivity contribution is 5.90. The number of carbonyl (C=O) groups excluding carboxylic acids is 1. The van der Waals surface area contributed by atoms with Crippen molar-refractivity contribution in [3.63, 3.8) is 0 Å². The molecule has 1 heterocycles. The molecule has 5 heteroatoms. The van der Waals surface area contributed by atoms with E-state index in [2.05, 4.69) is 4.74 Å². The molecule has 4 atom stereocenters. The largest absolute Gasteiger partial charge is 0.466 e. The Morgan fingerprint density at radius 2 is 2.31 bits per heavy atom. The predicted molar refractivity (Wildman–Crippen MR) is 40.8 cm³/mol. The van der Waals surface area contributed by atoms with E-state index in [1.807, 2.05) is 0 Å². The summed E-state index contributed by atoms with van der Waals surface area (Å²) in [6, 6.07) is 0. The minimum absolute atomic E-state index is 0.297. The number of hydrogen-bond acceptors (Lipinski definition) is 5. The van der Waals surface area contributed by atoms with Crippen molar-refractivity contribution >= 4 is 5.97 Å². The van der Waals surface area contributed by atoms with Crippen LogP contribution in [0.1, 0.15) is 0 Å². The number of aliphatic hydroxyl groups excluding tert-OH is 2. The number of rotatable bonds is 1. The highest BCUT2D eigenvalue weighted by atomic mass is 16.6. The van der Waals surface area contributed by atoms with Crippen LogP contribution in [-0.4, -0.2) is 47.7 Å². The van der Waals surface area contributed by atoms with Gasteiger partial charge in [0, 0.05) is 0 Å². The molecule has 13 heavy (non-hydrogen) atoms. The number of esters is 1. The van der Waals surface area contributed by atoms with Crippen LogP contribution in [0.3, 0.4) is 0 Å². The third-order valence-electron chi connectivity index (χ3n) is 2.29. The summed E-state index contributed by atoms with van der Waals surface area (Å²) in [5.41, 5.74) is 0.297. The SMILES string of the molecule is COC(=O)C1=C[C@@H](O)[C@@H](O)[C@H]2O[C@@H]12. The summed E-state index contributed by atoms with van der Waals surface area (Å²) in [5, 5.41) is 18.6. The van der Waals surface area contributed by atoms with Gasteiger partial charge in [-0.1, -0.05) is 0 Å². The van der Waals surface area contributed by atoms with E-state index in [0.717, 1.165) is 0 Å². The van der Waals surface area contributed by atoms with E-state index in [0.29, 0.717) is 5.57 Å². The highest BCUT2D eigenvalue weighted by Gasteiger charge is 2.54. The lowest BCUT2D eigenvalue weighted by molar-refractivity contribution is -0.136. The third-order valence-corrected chi connectivity index (χ3v) is 2.29. The number of epoxide rings is 1. The normalized spacial score (nSPS) is 41.9. The van der Waals surface area contributed by atoms with Crippen LogP contribution in [0, 0.1) is 0 Å². The molecule has 0 radical (unpaired) electrons. The van der Waals surface area contributed by atoms with Crippen molar-refractivity contribution in [1.29, 1.82) is 0 Å². The van der Waals surface area contributed by atoms with Gasteiger partial charge in [0.1, 0.15) is 24.4 Å². The molecular formula is C8H10O5. The van der Waals surface area contributed by atoms with Crippen LogP contribution in [0.4, 0.5) is 0 Å². The Morgan fingerprint density at radius 3 is 2.92 bits per heavy atom. The van der Waals surface area contributed by atoms with Gasteiger partial charge in [-0.3, -0.25) is 0 Å². The van der Waals surface area contributed by atoms with Crippen molar-refractivity contribution in [3.8, 4) is 0 Å². The molecule has 2 N–H and O–H groups in total. The maximum Gasteiger partial charge on any atom is 0.336 e. The first kappa shape index (κ1) is 8.68. The van der Waals surface area contributed by atoms with E-state index in [9.17, 15) is 15.0 Å². The summed E-state index contributed by atoms with van der Waals surface area (Å²) in [4.78, 5) is 11.1. The molecule has 1 fully saturated rings. The lowest BCUT2D eigenvalue weighted by atomic mass is 9.95. The van der Waals surface area contributed by atoms with Crippen molar-refractivity contribution in [2.75, 3.05) is 7.11 Å². The van der Waals surface area contributed by atoms with Crippen LogP contribution < -0.4 is 0 Å². The number of fused-ring (bicyclic) bond motifs is 1. The Morgan fingerprint density at radius 1 is 1.62 bits per heavy atom. The molecule has 2 aliphatic rings. The van der Waals surface area contributed by atoms with Crippen molar-refractivity contribution in [1.82, 2.24) is 0 Å². The molecule has 0 saturated carbocycles. The summed E-state index contributed by atoms with van der Waals surface area (Å²) >= 11 is 0. The van der Waals surface area contributed by atoms with E-state index >= 15 is 0 Å². The van der Waals surface area contributed by atoms with Gasteiger partial charge in [0.25, 0.3) is 0 Å². The molecule has 0 aromatic carbocycles. The lowest BCUT2D eigenvalue weighted by Crippen LogP contribution is -2.36. The van der Waals surface area contributed by atoms with Crippen LogP contribution in [0.2, 0.25) is 0 Å². The Balaban J connectivity index is 2.21. The second-order valence-corrected chi connectivity index (χ2v) is 3.12. The minimum atomic E-state index is -1.04. The predicted octanol–water partition coefficient (Wildman–Crippen LogP) is -1.41. The number of carbonyl (C=O) groups is 1. The monoisotopic (exact) mass is 186 g/mol. The average molecular weight is 186 g/mol. The van der Waals surface area contributed by atoms with Crippen LogP contribution >= 0.6 is 0 Å². The van der Waals surface area contributed by atoms with Crippen molar-refractivity contribution in [3.05, 3.63) is 11.6 Å². The number of ether oxygens (including phenoxy) is 2. The third kappa shape index (κ3) is 1.25. The van der Waals surface area contributed by atoms with Gasteiger partial charge in [-0.2, -0.15) is 0 Å². The molecule has 0 unspecified atom stereocenters. The van der Waals surface area contributed by atoms with Gasteiger partial charge in [0.2, 0.25) is 0 Å². The Hall–Kier alpha value is -0.910. The molecule has 1 aliphatic carbocycles. The molecular weight excluding hydrogens is 176 g/mol. The van der Waals surface area contributed by atoms with Crippen molar-refractivity contribution in [2.45, 2.75) is 24.4 Å². The standard InChI is InChI=1S/C8H10O5/c1-12-8(11)3-2-4(9)5(10)7-6(3)13-7/h2,4-7,9-10H,1H3/t4-,5-,6+,7-/m1/s1. The summed E-state index contributed by atoms with van der Waals surface area (Å²) in [6.45, 7) is 0. The molecule has 1 aliphatic heterocycles. The maximum atomic E-state index is 11.1. The molecule has 0 aromatic heterocycles. The number of aliphatic hydroxyl groups is 2. The Labute approximate surface area is 74.6 Å². The Bertz CT molecular complexity index is 272. The van der Waals surface area contributed by atoms with Gasteiger partial charge in [0.15, 0.2) is 0 Å². The van der Waals surface area contributed by atoms with Gasteiger partial charge in [0.05, 0.1) is 12.7 Å². The van der Waals surface area contributed by atoms with E-state index in [1.165, 1.54) is 13.2 Å². The van der Waals surface area contributed by atoms with Gasteiger partial charge >= 0.3 is 5.97 Å². The molecule has 0 amide bonds. The number of methoxy groups -OCH3 is 1. The van der Waals surface area contributed by atoms with E-state index in [1.54, 1.807) is 0 Å². The summed E-state index contributed by atoms with van der Waals surface area (Å²) in [5.74, 6) is -0.515. The molecule has 72 valence electrons. The summed E-state index contributed by atoms with van der Waals surface area (Å²) < 4.78 is 9.51. The molecule has 1 saturated heterocycles. The average Bonchev–Trinajstić information content (AvgIpc) is 2.89. The topological polar surface area (TPSA) is 79.3 Å². The summed E-state index contributed by atoms with van der Waals surface area (Å²) in [6.07, 6.45) is -1.54. The first-order chi connectivity index (χ1) is 6.15. The van der Waals surface area contributed by atoms with Crippen LogP contribution in [0.25, 0.3) is 0 Å². The fourth-order valence-corrected chi connectivity index (χ4v) is 1.51. The maximum absolute atomic E-state index is 11.1. The van der Waals surface area contributed by atoms with Crippen LogP contribution in [-0.2, 0) is 14.3 Å². The second-order valence-electron chi connectivity index (χ2n) is 3.12. The molecule has 0 aromatic rings. The molecule has 5 nitrogen and oxygen atoms in total. The van der Waals surface area contributed by atoms with Crippen LogP contribution in [0.5, 0.6) is 0 Å². The molecule has 0 spiro atoms. The van der Waals surface area contributed by atoms with Gasteiger partial charge in [-0.25, -0.2) is 4.79 Å².